The van der Waals surface area contributed by atoms with Crippen LogP contribution in [-0.4, -0.2) is 57.9 Å². The second-order valence-electron chi connectivity index (χ2n) is 8.93. The first kappa shape index (κ1) is 32.5. The highest BCUT2D eigenvalue weighted by atomic mass is 16.4. The standard InChI is InChI=1S/C20H40O2.C5H12O4/c1-2-3-4-5-6-7-8-9-10-11-12-13-14-15-16-17-18-19-20(21)22;6-1-5(2-7,3-8)4-9/h2-19H2,1H3,(H,21,22);6-9H,1-4H2. The average molecular weight is 449 g/mol. The molecule has 0 saturated carbocycles. The molecule has 0 saturated heterocycles. The first-order valence-electron chi connectivity index (χ1n) is 12.7. The van der Waals surface area contributed by atoms with Crippen molar-refractivity contribution in [2.24, 2.45) is 5.41 Å². The number of carboxylic acid groups (broad SMARTS) is 1. The fourth-order valence-corrected chi connectivity index (χ4v) is 3.30. The molecule has 0 unspecified atom stereocenters. The van der Waals surface area contributed by atoms with Crippen molar-refractivity contribution in [3.8, 4) is 0 Å². The van der Waals surface area contributed by atoms with Gasteiger partial charge in [0.1, 0.15) is 0 Å². The Morgan fingerprint density at radius 1 is 0.516 bits per heavy atom. The Morgan fingerprint density at radius 3 is 0.968 bits per heavy atom. The number of unbranched alkanes of at least 4 members (excludes halogenated alkanes) is 16. The third-order valence-electron chi connectivity index (χ3n) is 5.84. The molecule has 0 atom stereocenters. The molecule has 0 aliphatic rings. The lowest BCUT2D eigenvalue weighted by molar-refractivity contribution is -0.137. The number of rotatable bonds is 22. The second-order valence-corrected chi connectivity index (χ2v) is 8.93. The Bertz CT molecular complexity index is 340. The summed E-state index contributed by atoms with van der Waals surface area (Å²) in [5.41, 5.74) is -1.11. The smallest absolute Gasteiger partial charge is 0.303 e. The molecule has 0 aromatic heterocycles. The summed E-state index contributed by atoms with van der Waals surface area (Å²) in [4.78, 5) is 10.4. The summed E-state index contributed by atoms with van der Waals surface area (Å²) in [7, 11) is 0. The van der Waals surface area contributed by atoms with Gasteiger partial charge in [0.15, 0.2) is 0 Å². The molecule has 0 aromatic carbocycles. The van der Waals surface area contributed by atoms with Gasteiger partial charge in [-0.15, -0.1) is 0 Å². The van der Waals surface area contributed by atoms with Crippen molar-refractivity contribution in [1.82, 2.24) is 0 Å². The zero-order chi connectivity index (χ0) is 23.6. The van der Waals surface area contributed by atoms with Crippen LogP contribution in [0.25, 0.3) is 0 Å². The summed E-state index contributed by atoms with van der Waals surface area (Å²) in [6.07, 6.45) is 23.1. The number of hydrogen-bond acceptors (Lipinski definition) is 5. The predicted octanol–water partition coefficient (Wildman–Crippen LogP) is 5.05. The normalized spacial score (nSPS) is 11.3. The zero-order valence-corrected chi connectivity index (χ0v) is 20.2. The molecular formula is C25H52O6. The van der Waals surface area contributed by atoms with Crippen molar-refractivity contribution in [1.29, 1.82) is 0 Å². The first-order valence-corrected chi connectivity index (χ1v) is 12.7. The number of aliphatic hydroxyl groups excluding tert-OH is 4. The van der Waals surface area contributed by atoms with Crippen molar-refractivity contribution in [2.45, 2.75) is 122 Å². The van der Waals surface area contributed by atoms with Gasteiger partial charge in [0.2, 0.25) is 0 Å². The van der Waals surface area contributed by atoms with Crippen LogP contribution in [0.3, 0.4) is 0 Å². The van der Waals surface area contributed by atoms with Crippen LogP contribution in [0, 0.1) is 5.41 Å². The van der Waals surface area contributed by atoms with Crippen LogP contribution < -0.4 is 0 Å². The van der Waals surface area contributed by atoms with Crippen LogP contribution in [0.15, 0.2) is 0 Å². The maximum absolute atomic E-state index is 10.4. The summed E-state index contributed by atoms with van der Waals surface area (Å²) in [5, 5.41) is 42.5. The van der Waals surface area contributed by atoms with E-state index in [1.807, 2.05) is 0 Å². The van der Waals surface area contributed by atoms with Crippen molar-refractivity contribution in [2.75, 3.05) is 26.4 Å². The van der Waals surface area contributed by atoms with Gasteiger partial charge < -0.3 is 25.5 Å². The third kappa shape index (κ3) is 23.8. The Labute approximate surface area is 191 Å². The minimum absolute atomic E-state index is 0.346. The van der Waals surface area contributed by atoms with E-state index in [0.717, 1.165) is 12.8 Å². The van der Waals surface area contributed by atoms with Gasteiger partial charge in [0.25, 0.3) is 0 Å². The lowest BCUT2D eigenvalue weighted by Crippen LogP contribution is -2.37. The topological polar surface area (TPSA) is 118 Å². The van der Waals surface area contributed by atoms with Gasteiger partial charge in [0.05, 0.1) is 31.8 Å². The summed E-state index contributed by atoms with van der Waals surface area (Å²) >= 11 is 0. The largest absolute Gasteiger partial charge is 0.481 e. The highest BCUT2D eigenvalue weighted by Gasteiger charge is 2.26. The van der Waals surface area contributed by atoms with Crippen LogP contribution in [-0.2, 0) is 4.79 Å². The number of aliphatic carboxylic acids is 1. The third-order valence-corrected chi connectivity index (χ3v) is 5.84. The van der Waals surface area contributed by atoms with Crippen LogP contribution in [0.1, 0.15) is 122 Å². The lowest BCUT2D eigenvalue weighted by atomic mass is 9.93. The van der Waals surface area contributed by atoms with E-state index in [-0.39, 0.29) is 0 Å². The van der Waals surface area contributed by atoms with Crippen LogP contribution >= 0.6 is 0 Å². The Morgan fingerprint density at radius 2 is 0.774 bits per heavy atom. The first-order chi connectivity index (χ1) is 15.0. The van der Waals surface area contributed by atoms with E-state index in [9.17, 15) is 4.79 Å². The lowest BCUT2D eigenvalue weighted by Gasteiger charge is -2.23. The number of carboxylic acids is 1. The minimum Gasteiger partial charge on any atom is -0.481 e. The van der Waals surface area contributed by atoms with Crippen molar-refractivity contribution >= 4 is 5.97 Å². The van der Waals surface area contributed by atoms with Gasteiger partial charge in [-0.2, -0.15) is 0 Å². The predicted molar refractivity (Wildman–Crippen MR) is 127 cm³/mol. The minimum atomic E-state index is -1.11. The summed E-state index contributed by atoms with van der Waals surface area (Å²) < 4.78 is 0. The van der Waals surface area contributed by atoms with Gasteiger partial charge >= 0.3 is 5.97 Å². The molecule has 0 heterocycles. The van der Waals surface area contributed by atoms with Gasteiger partial charge in [-0.3, -0.25) is 4.79 Å². The van der Waals surface area contributed by atoms with Gasteiger partial charge in [-0.1, -0.05) is 110 Å². The SMILES string of the molecule is CCCCCCCCCCCCCCCCCCCC(=O)O.OCC(CO)(CO)CO. The number of hydrogen-bond donors (Lipinski definition) is 5. The molecule has 31 heavy (non-hydrogen) atoms. The summed E-state index contributed by atoms with van der Waals surface area (Å²) in [6.45, 7) is 0.652. The zero-order valence-electron chi connectivity index (χ0n) is 20.2. The number of carbonyl (C=O) groups is 1. The Kier molecular flexibility index (Phi) is 26.8. The highest BCUT2D eigenvalue weighted by Crippen LogP contribution is 2.14. The molecule has 0 aromatic rings. The molecule has 0 spiro atoms. The molecule has 188 valence electrons. The molecular weight excluding hydrogens is 396 g/mol. The monoisotopic (exact) mass is 448 g/mol. The molecule has 5 N–H and O–H groups in total. The van der Waals surface area contributed by atoms with Crippen molar-refractivity contribution in [3.63, 3.8) is 0 Å². The van der Waals surface area contributed by atoms with E-state index in [1.54, 1.807) is 0 Å². The van der Waals surface area contributed by atoms with Gasteiger partial charge in [0, 0.05) is 6.42 Å². The Balaban J connectivity index is 0. The van der Waals surface area contributed by atoms with E-state index in [2.05, 4.69) is 6.92 Å². The fourth-order valence-electron chi connectivity index (χ4n) is 3.30. The van der Waals surface area contributed by atoms with Crippen molar-refractivity contribution in [3.05, 3.63) is 0 Å². The molecule has 0 aliphatic heterocycles. The van der Waals surface area contributed by atoms with Gasteiger partial charge in [-0.25, -0.2) is 0 Å². The molecule has 0 bridgehead atoms. The van der Waals surface area contributed by atoms with E-state index >= 15 is 0 Å². The number of aliphatic hydroxyl groups is 4. The maximum Gasteiger partial charge on any atom is 0.303 e. The van der Waals surface area contributed by atoms with Crippen LogP contribution in [0.5, 0.6) is 0 Å². The molecule has 0 fully saturated rings. The summed E-state index contributed by atoms with van der Waals surface area (Å²) in [6, 6.07) is 0. The van der Waals surface area contributed by atoms with E-state index < -0.39 is 37.8 Å². The maximum atomic E-state index is 10.4. The summed E-state index contributed by atoms with van der Waals surface area (Å²) in [5.74, 6) is -0.652. The second kappa shape index (κ2) is 25.6. The molecule has 0 aliphatic carbocycles. The quantitative estimate of drug-likeness (QED) is 0.148. The van der Waals surface area contributed by atoms with E-state index in [4.69, 9.17) is 25.5 Å². The molecule has 0 radical (unpaired) electrons. The Hall–Kier alpha value is -0.690. The van der Waals surface area contributed by atoms with E-state index in [1.165, 1.54) is 96.3 Å². The fraction of sp³-hybridized carbons (Fsp3) is 0.960. The molecule has 0 rings (SSSR count). The molecule has 6 heteroatoms. The van der Waals surface area contributed by atoms with E-state index in [0.29, 0.717) is 6.42 Å². The van der Waals surface area contributed by atoms with Crippen LogP contribution in [0.2, 0.25) is 0 Å². The van der Waals surface area contributed by atoms with Crippen molar-refractivity contribution < 1.29 is 30.3 Å². The van der Waals surface area contributed by atoms with Gasteiger partial charge in [-0.05, 0) is 6.42 Å². The van der Waals surface area contributed by atoms with Crippen LogP contribution in [0.4, 0.5) is 0 Å². The molecule has 6 nitrogen and oxygen atoms in total. The highest BCUT2D eigenvalue weighted by molar-refractivity contribution is 5.66. The molecule has 0 amide bonds. The average Bonchev–Trinajstić information content (AvgIpc) is 2.78.